The number of nitrogens with one attached hydrogen (secondary N) is 2. The van der Waals surface area contributed by atoms with Crippen molar-refractivity contribution in [3.8, 4) is 0 Å². The fourth-order valence-electron chi connectivity index (χ4n) is 8.24. The molecule has 0 aromatic carbocycles. The minimum absolute atomic E-state index is 0.0869. The largest absolute Gasteiger partial charge is 0.481 e. The van der Waals surface area contributed by atoms with Gasteiger partial charge in [-0.15, -0.1) is 0 Å². The number of esters is 1. The van der Waals surface area contributed by atoms with Crippen molar-refractivity contribution in [2.45, 2.75) is 65.8 Å². The van der Waals surface area contributed by atoms with Crippen LogP contribution in [0.5, 0.6) is 0 Å². The molecule has 5 heterocycles. The number of aliphatic hydroxyl groups is 2. The van der Waals surface area contributed by atoms with E-state index in [1.807, 2.05) is 45.9 Å². The van der Waals surface area contributed by atoms with Crippen molar-refractivity contribution in [1.29, 1.82) is 0 Å². The van der Waals surface area contributed by atoms with Crippen LogP contribution in [0, 0.1) is 18.3 Å². The standard InChI is InChI=1S/C41H44N4O8/c1-7-23-20(2)29-15-34-27-11-8-26(35(48)18-46)40(36(49)19-47)41(27,5)37(45-34)17-30-22(4)24(9-12-38(50)51)32(44-30)16-33-25(10-13-39(52)53-6)21(3)28(43-33)14-31(23)42-29/h7-8,11,14-15,17,32,40,43,45-47H,1,9-10,12-13,16,18-19H2,2-6H3,(H,50,51)/b31-14-,34-15-,37-17-/t32?,40-,41+/m1/s1. The fraction of sp³-hybridized carbons (Fsp3) is 0.366. The van der Waals surface area contributed by atoms with Crippen LogP contribution in [0.25, 0.3) is 6.08 Å². The number of aliphatic hydroxyl groups excluding tert-OH is 2. The van der Waals surface area contributed by atoms with Gasteiger partial charge in [0.1, 0.15) is 13.2 Å². The third-order valence-corrected chi connectivity index (χ3v) is 11.2. The molecule has 53 heavy (non-hydrogen) atoms. The molecule has 276 valence electrons. The number of nitrogens with zero attached hydrogens (tertiary/aromatic N) is 2. The Morgan fingerprint density at radius 1 is 1.02 bits per heavy atom. The van der Waals surface area contributed by atoms with E-state index in [1.165, 1.54) is 13.2 Å². The lowest BCUT2D eigenvalue weighted by Gasteiger charge is -2.37. The van der Waals surface area contributed by atoms with Crippen LogP contribution in [0.15, 0.2) is 97.5 Å². The third-order valence-electron chi connectivity index (χ3n) is 11.2. The summed E-state index contributed by atoms with van der Waals surface area (Å²) < 4.78 is 4.95. The highest BCUT2D eigenvalue weighted by Gasteiger charge is 2.54. The Morgan fingerprint density at radius 3 is 2.43 bits per heavy atom. The zero-order valence-electron chi connectivity index (χ0n) is 30.6. The summed E-state index contributed by atoms with van der Waals surface area (Å²) in [5.41, 5.74) is 9.54. The molecule has 5 N–H and O–H groups in total. The quantitative estimate of drug-likeness (QED) is 0.208. The molecule has 0 spiro atoms. The van der Waals surface area contributed by atoms with E-state index in [9.17, 15) is 34.5 Å². The first-order chi connectivity index (χ1) is 25.3. The Hall–Kier alpha value is -5.46. The number of H-pyrrole nitrogens is 1. The first-order valence-corrected chi connectivity index (χ1v) is 17.6. The highest BCUT2D eigenvalue weighted by atomic mass is 16.5. The van der Waals surface area contributed by atoms with Crippen LogP contribution in [0.3, 0.4) is 0 Å². The molecule has 0 radical (unpaired) electrons. The van der Waals surface area contributed by atoms with E-state index in [2.05, 4.69) is 16.9 Å². The van der Waals surface area contributed by atoms with Gasteiger partial charge in [-0.2, -0.15) is 0 Å². The molecular formula is C41H44N4O8. The maximum Gasteiger partial charge on any atom is 0.305 e. The van der Waals surface area contributed by atoms with Crippen LogP contribution in [0.4, 0.5) is 0 Å². The minimum Gasteiger partial charge on any atom is -0.481 e. The zero-order valence-corrected chi connectivity index (χ0v) is 30.6. The van der Waals surface area contributed by atoms with Gasteiger partial charge in [-0.3, -0.25) is 24.2 Å². The van der Waals surface area contributed by atoms with Crippen LogP contribution in [0.2, 0.25) is 0 Å². The van der Waals surface area contributed by atoms with Gasteiger partial charge in [0.25, 0.3) is 0 Å². The van der Waals surface area contributed by atoms with Crippen molar-refractivity contribution < 1.29 is 39.2 Å². The number of aliphatic carboxylic acids is 1. The molecule has 1 unspecified atom stereocenters. The summed E-state index contributed by atoms with van der Waals surface area (Å²) in [6.07, 6.45) is 11.9. The molecule has 0 amide bonds. The highest BCUT2D eigenvalue weighted by molar-refractivity contribution is 6.14. The molecule has 1 aromatic rings. The summed E-state index contributed by atoms with van der Waals surface area (Å²) in [7, 11) is 1.36. The molecule has 6 rings (SSSR count). The van der Waals surface area contributed by atoms with Crippen molar-refractivity contribution in [2.24, 2.45) is 21.3 Å². The van der Waals surface area contributed by atoms with E-state index in [-0.39, 0.29) is 30.8 Å². The summed E-state index contributed by atoms with van der Waals surface area (Å²) in [4.78, 5) is 64.6. The summed E-state index contributed by atoms with van der Waals surface area (Å²) in [6, 6.07) is -0.446. The number of aromatic amines is 1. The number of carbonyl (C=O) groups excluding carboxylic acids is 3. The average Bonchev–Trinajstić information content (AvgIpc) is 3.79. The highest BCUT2D eigenvalue weighted by Crippen LogP contribution is 2.54. The molecule has 1 saturated heterocycles. The Kier molecular flexibility index (Phi) is 10.2. The number of allylic oxidation sites excluding steroid dienone is 9. The van der Waals surface area contributed by atoms with Gasteiger partial charge in [-0.25, -0.2) is 4.99 Å². The van der Waals surface area contributed by atoms with E-state index < -0.39 is 48.1 Å². The van der Waals surface area contributed by atoms with Crippen molar-refractivity contribution in [3.05, 3.63) is 110 Å². The summed E-state index contributed by atoms with van der Waals surface area (Å²) in [6.45, 7) is 10.1. The van der Waals surface area contributed by atoms with Crippen molar-refractivity contribution in [1.82, 2.24) is 10.3 Å². The molecule has 5 aliphatic rings. The third kappa shape index (κ3) is 6.46. The molecule has 1 aromatic heterocycles. The minimum atomic E-state index is -1.19. The number of Topliss-reactive ketones (excluding diaryl/α,β-unsaturated/α-hetero) is 2. The molecule has 12 nitrogen and oxygen atoms in total. The lowest BCUT2D eigenvalue weighted by molar-refractivity contribution is -0.140. The number of fused-ring (bicyclic) bond motifs is 9. The Bertz CT molecular complexity index is 2150. The maximum atomic E-state index is 13.6. The second kappa shape index (κ2) is 14.5. The van der Waals surface area contributed by atoms with Gasteiger partial charge in [0.15, 0.2) is 11.6 Å². The number of ether oxygens (including phenoxy) is 1. The number of carboxylic acid groups (broad SMARTS) is 1. The first kappa shape index (κ1) is 37.3. The molecular weight excluding hydrogens is 676 g/mol. The van der Waals surface area contributed by atoms with Crippen LogP contribution in [-0.2, 0) is 36.8 Å². The summed E-state index contributed by atoms with van der Waals surface area (Å²) in [5.74, 6) is -3.62. The number of aromatic nitrogens is 1. The summed E-state index contributed by atoms with van der Waals surface area (Å²) in [5, 5.41) is 33.2. The number of methoxy groups -OCH3 is 1. The summed E-state index contributed by atoms with van der Waals surface area (Å²) >= 11 is 0. The van der Waals surface area contributed by atoms with Crippen LogP contribution >= 0.6 is 0 Å². The predicted octanol–water partition coefficient (Wildman–Crippen LogP) is 4.27. The SMILES string of the molecule is C=CC1=C(C)C2=NC/1=C\c1[nH]c(c(CCC(=O)OC)c1C)CC1N=C(/C=C3\N/C(=C\2)C2=CC=C(C(=O)CO)[C@H](C(=O)CO)[C@@]23C)C(C)=C1CCC(=O)O. The second-order valence-electron chi connectivity index (χ2n) is 14.0. The molecule has 1 fully saturated rings. The van der Waals surface area contributed by atoms with Gasteiger partial charge in [-0.1, -0.05) is 24.8 Å². The van der Waals surface area contributed by atoms with Gasteiger partial charge in [0.2, 0.25) is 0 Å². The molecule has 1 aliphatic carbocycles. The first-order valence-electron chi connectivity index (χ1n) is 17.6. The van der Waals surface area contributed by atoms with Crippen LogP contribution in [0.1, 0.15) is 62.5 Å². The van der Waals surface area contributed by atoms with Gasteiger partial charge < -0.3 is 30.4 Å². The predicted molar refractivity (Wildman–Crippen MR) is 200 cm³/mol. The lowest BCUT2D eigenvalue weighted by atomic mass is 9.62. The number of carboxylic acids is 1. The number of ketones is 2. The fourth-order valence-corrected chi connectivity index (χ4v) is 8.24. The monoisotopic (exact) mass is 720 g/mol. The van der Waals surface area contributed by atoms with Crippen molar-refractivity contribution in [2.75, 3.05) is 20.3 Å². The number of rotatable bonds is 11. The lowest BCUT2D eigenvalue weighted by Crippen LogP contribution is -2.41. The van der Waals surface area contributed by atoms with Crippen LogP contribution in [-0.4, -0.2) is 81.6 Å². The number of hydrogen-bond acceptors (Lipinski definition) is 10. The van der Waals surface area contributed by atoms with Crippen molar-refractivity contribution in [3.63, 3.8) is 0 Å². The van der Waals surface area contributed by atoms with E-state index >= 15 is 0 Å². The number of aliphatic imine (C=N–C) groups is 2. The average molecular weight is 721 g/mol. The molecule has 8 bridgehead atoms. The Morgan fingerprint density at radius 2 is 1.77 bits per heavy atom. The van der Waals surface area contributed by atoms with E-state index in [4.69, 9.17) is 14.7 Å². The molecule has 12 heteroatoms. The van der Waals surface area contributed by atoms with Gasteiger partial charge in [0, 0.05) is 58.6 Å². The van der Waals surface area contributed by atoms with E-state index in [1.54, 1.807) is 12.2 Å². The van der Waals surface area contributed by atoms with Crippen LogP contribution < -0.4 is 5.32 Å². The zero-order chi connectivity index (χ0) is 38.4. The Labute approximate surface area is 307 Å². The van der Waals surface area contributed by atoms with Gasteiger partial charge >= 0.3 is 11.9 Å². The maximum absolute atomic E-state index is 13.6. The number of hydrogen-bond donors (Lipinski definition) is 5. The topological polar surface area (TPSA) is 191 Å². The van der Waals surface area contributed by atoms with E-state index in [0.29, 0.717) is 46.9 Å². The normalized spacial score (nSPS) is 26.1. The smallest absolute Gasteiger partial charge is 0.305 e. The van der Waals surface area contributed by atoms with E-state index in [0.717, 1.165) is 44.8 Å². The van der Waals surface area contributed by atoms with Crippen molar-refractivity contribution >= 4 is 41.0 Å². The second-order valence-corrected chi connectivity index (χ2v) is 14.0. The van der Waals surface area contributed by atoms with Gasteiger partial charge in [0.05, 0.1) is 36.2 Å². The Balaban J connectivity index is 1.63. The molecule has 0 saturated carbocycles. The molecule has 3 atom stereocenters. The molecule has 4 aliphatic heterocycles. The van der Waals surface area contributed by atoms with Gasteiger partial charge in [-0.05, 0) is 92.2 Å². The number of carbonyl (C=O) groups is 4.